The van der Waals surface area contributed by atoms with Gasteiger partial charge in [0.15, 0.2) is 0 Å². The first-order valence-corrected chi connectivity index (χ1v) is 10.5. The molecular formula is C20H22N4O5S. The molecule has 0 atom stereocenters. The number of hydrogen-bond donors (Lipinski definition) is 1. The Bertz CT molecular complexity index is 1140. The van der Waals surface area contributed by atoms with Crippen LogP contribution in [0.2, 0.25) is 0 Å². The van der Waals surface area contributed by atoms with E-state index in [-0.39, 0.29) is 28.4 Å². The molecule has 3 rings (SSSR count). The molecule has 0 saturated carbocycles. The summed E-state index contributed by atoms with van der Waals surface area (Å²) >= 11 is 0. The number of methoxy groups -OCH3 is 1. The lowest BCUT2D eigenvalue weighted by atomic mass is 10.2. The normalized spacial score (nSPS) is 11.7. The van der Waals surface area contributed by atoms with Crippen LogP contribution < -0.4 is 10.1 Å². The lowest BCUT2D eigenvalue weighted by Crippen LogP contribution is -2.33. The van der Waals surface area contributed by atoms with Crippen LogP contribution in [0.4, 0.5) is 6.01 Å². The Morgan fingerprint density at radius 3 is 2.47 bits per heavy atom. The zero-order valence-corrected chi connectivity index (χ0v) is 17.8. The maximum absolute atomic E-state index is 12.5. The van der Waals surface area contributed by atoms with Crippen LogP contribution in [0.25, 0.3) is 11.5 Å². The first-order chi connectivity index (χ1) is 14.2. The molecule has 1 aromatic heterocycles. The SMILES string of the molecule is COc1cccc(-c2nnc(NC(=O)c3ccc(S(=O)(=O)N(C)C(C)C)cc3)o2)c1. The van der Waals surface area contributed by atoms with Crippen molar-refractivity contribution in [2.75, 3.05) is 19.5 Å². The van der Waals surface area contributed by atoms with E-state index in [1.165, 1.54) is 35.6 Å². The van der Waals surface area contributed by atoms with Crippen LogP contribution in [0.5, 0.6) is 5.75 Å². The average Bonchev–Trinajstić information content (AvgIpc) is 3.21. The summed E-state index contributed by atoms with van der Waals surface area (Å²) in [5, 5.41) is 10.2. The highest BCUT2D eigenvalue weighted by Crippen LogP contribution is 2.24. The minimum Gasteiger partial charge on any atom is -0.497 e. The van der Waals surface area contributed by atoms with Crippen molar-refractivity contribution in [1.29, 1.82) is 0 Å². The van der Waals surface area contributed by atoms with Gasteiger partial charge in [-0.2, -0.15) is 4.31 Å². The van der Waals surface area contributed by atoms with E-state index < -0.39 is 15.9 Å². The van der Waals surface area contributed by atoms with E-state index in [0.717, 1.165) is 0 Å². The number of aromatic nitrogens is 2. The lowest BCUT2D eigenvalue weighted by Gasteiger charge is -2.20. The molecule has 0 spiro atoms. The van der Waals surface area contributed by atoms with Crippen molar-refractivity contribution in [3.8, 4) is 17.2 Å². The van der Waals surface area contributed by atoms with Crippen LogP contribution in [0.1, 0.15) is 24.2 Å². The number of benzene rings is 2. The average molecular weight is 430 g/mol. The van der Waals surface area contributed by atoms with Gasteiger partial charge in [-0.1, -0.05) is 11.2 Å². The molecule has 30 heavy (non-hydrogen) atoms. The number of nitrogens with zero attached hydrogens (tertiary/aromatic N) is 3. The van der Waals surface area contributed by atoms with Crippen molar-refractivity contribution >= 4 is 21.9 Å². The predicted octanol–water partition coefficient (Wildman–Crippen LogP) is 3.03. The van der Waals surface area contributed by atoms with Crippen LogP contribution in [0.3, 0.4) is 0 Å². The van der Waals surface area contributed by atoms with Gasteiger partial charge in [-0.15, -0.1) is 5.10 Å². The Labute approximate surface area is 174 Å². The molecule has 10 heteroatoms. The van der Waals surface area contributed by atoms with Crippen LogP contribution in [0, 0.1) is 0 Å². The molecule has 9 nitrogen and oxygen atoms in total. The van der Waals surface area contributed by atoms with E-state index in [9.17, 15) is 13.2 Å². The molecule has 0 bridgehead atoms. The minimum atomic E-state index is -3.62. The van der Waals surface area contributed by atoms with Crippen LogP contribution in [-0.4, -0.2) is 49.0 Å². The van der Waals surface area contributed by atoms with Crippen LogP contribution in [-0.2, 0) is 10.0 Å². The maximum atomic E-state index is 12.5. The maximum Gasteiger partial charge on any atom is 0.322 e. The predicted molar refractivity (Wildman–Crippen MR) is 111 cm³/mol. The molecular weight excluding hydrogens is 408 g/mol. The van der Waals surface area contributed by atoms with Gasteiger partial charge in [-0.25, -0.2) is 8.42 Å². The van der Waals surface area contributed by atoms with Gasteiger partial charge >= 0.3 is 6.01 Å². The topological polar surface area (TPSA) is 115 Å². The Morgan fingerprint density at radius 2 is 1.83 bits per heavy atom. The zero-order valence-electron chi connectivity index (χ0n) is 17.0. The molecule has 0 saturated heterocycles. The van der Waals surface area contributed by atoms with Crippen molar-refractivity contribution in [3.63, 3.8) is 0 Å². The van der Waals surface area contributed by atoms with Crippen molar-refractivity contribution in [2.24, 2.45) is 0 Å². The number of carbonyl (C=O) groups excluding carboxylic acids is 1. The standard InChI is InChI=1S/C20H22N4O5S/c1-13(2)24(3)30(26,27)17-10-8-14(9-11-17)18(25)21-20-23-22-19(29-20)15-6-5-7-16(12-15)28-4/h5-13H,1-4H3,(H,21,23,25). The number of carbonyl (C=O) groups is 1. The fraction of sp³-hybridized carbons (Fsp3) is 0.250. The molecule has 3 aromatic rings. The van der Waals surface area contributed by atoms with E-state index in [0.29, 0.717) is 11.3 Å². The smallest absolute Gasteiger partial charge is 0.322 e. The van der Waals surface area contributed by atoms with Gasteiger partial charge in [0.2, 0.25) is 15.9 Å². The van der Waals surface area contributed by atoms with Gasteiger partial charge in [-0.3, -0.25) is 10.1 Å². The number of amides is 1. The first kappa shape index (κ1) is 21.5. The molecule has 1 amide bonds. The van der Waals surface area contributed by atoms with Crippen molar-refractivity contribution in [2.45, 2.75) is 24.8 Å². The third kappa shape index (κ3) is 4.50. The zero-order chi connectivity index (χ0) is 21.9. The first-order valence-electron chi connectivity index (χ1n) is 9.09. The van der Waals surface area contributed by atoms with Crippen LogP contribution >= 0.6 is 0 Å². The van der Waals surface area contributed by atoms with E-state index in [2.05, 4.69) is 15.5 Å². The number of ether oxygens (including phenoxy) is 1. The highest BCUT2D eigenvalue weighted by atomic mass is 32.2. The summed E-state index contributed by atoms with van der Waals surface area (Å²) < 4.78 is 36.9. The Balaban J connectivity index is 1.73. The fourth-order valence-electron chi connectivity index (χ4n) is 2.54. The summed E-state index contributed by atoms with van der Waals surface area (Å²) in [7, 11) is -0.561. The Hall–Kier alpha value is -3.24. The highest BCUT2D eigenvalue weighted by molar-refractivity contribution is 7.89. The minimum absolute atomic E-state index is 0.0749. The highest BCUT2D eigenvalue weighted by Gasteiger charge is 2.23. The molecule has 0 fully saturated rings. The van der Waals surface area contributed by atoms with E-state index in [4.69, 9.17) is 9.15 Å². The van der Waals surface area contributed by atoms with E-state index in [1.54, 1.807) is 45.2 Å². The van der Waals surface area contributed by atoms with Crippen molar-refractivity contribution in [3.05, 3.63) is 54.1 Å². The molecule has 0 radical (unpaired) electrons. The van der Waals surface area contributed by atoms with Gasteiger partial charge in [0, 0.05) is 24.2 Å². The quantitative estimate of drug-likeness (QED) is 0.613. The molecule has 1 N–H and O–H groups in total. The summed E-state index contributed by atoms with van der Waals surface area (Å²) in [5.74, 6) is 0.355. The summed E-state index contributed by atoms with van der Waals surface area (Å²) in [6.07, 6.45) is 0. The van der Waals surface area contributed by atoms with Crippen molar-refractivity contribution in [1.82, 2.24) is 14.5 Å². The fourth-order valence-corrected chi connectivity index (χ4v) is 3.91. The van der Waals surface area contributed by atoms with E-state index in [1.807, 2.05) is 0 Å². The number of nitrogens with one attached hydrogen (secondary N) is 1. The summed E-state index contributed by atoms with van der Waals surface area (Å²) in [6, 6.07) is 12.4. The van der Waals surface area contributed by atoms with Gasteiger partial charge in [0.05, 0.1) is 12.0 Å². The second-order valence-corrected chi connectivity index (χ2v) is 8.74. The summed E-state index contributed by atoms with van der Waals surface area (Å²) in [5.41, 5.74) is 0.897. The van der Waals surface area contributed by atoms with Gasteiger partial charge in [0.1, 0.15) is 5.75 Å². The summed E-state index contributed by atoms with van der Waals surface area (Å²) in [4.78, 5) is 12.5. The molecule has 0 aliphatic rings. The van der Waals surface area contributed by atoms with Gasteiger partial charge in [0.25, 0.3) is 5.91 Å². The molecule has 0 aliphatic carbocycles. The van der Waals surface area contributed by atoms with Gasteiger partial charge in [-0.05, 0) is 56.3 Å². The Kier molecular flexibility index (Phi) is 6.18. The third-order valence-corrected chi connectivity index (χ3v) is 6.53. The molecule has 2 aromatic carbocycles. The number of hydrogen-bond acceptors (Lipinski definition) is 7. The lowest BCUT2D eigenvalue weighted by molar-refractivity contribution is 0.102. The van der Waals surface area contributed by atoms with E-state index >= 15 is 0 Å². The number of sulfonamides is 1. The largest absolute Gasteiger partial charge is 0.497 e. The second kappa shape index (κ2) is 8.64. The Morgan fingerprint density at radius 1 is 1.13 bits per heavy atom. The second-order valence-electron chi connectivity index (χ2n) is 6.74. The number of anilines is 1. The van der Waals surface area contributed by atoms with Gasteiger partial charge < -0.3 is 9.15 Å². The molecule has 158 valence electrons. The monoisotopic (exact) mass is 430 g/mol. The third-order valence-electron chi connectivity index (χ3n) is 4.48. The molecule has 1 heterocycles. The molecule has 0 unspecified atom stereocenters. The summed E-state index contributed by atoms with van der Waals surface area (Å²) in [6.45, 7) is 3.56. The molecule has 0 aliphatic heterocycles. The van der Waals surface area contributed by atoms with Crippen LogP contribution in [0.15, 0.2) is 57.8 Å². The van der Waals surface area contributed by atoms with Crippen molar-refractivity contribution < 1.29 is 22.4 Å². The number of rotatable bonds is 7.